The van der Waals surface area contributed by atoms with Gasteiger partial charge in [-0.1, -0.05) is 0 Å². The summed E-state index contributed by atoms with van der Waals surface area (Å²) in [4.78, 5) is 16.6. The van der Waals surface area contributed by atoms with Gasteiger partial charge in [-0.25, -0.2) is 17.9 Å². The van der Waals surface area contributed by atoms with Crippen molar-refractivity contribution in [2.45, 2.75) is 44.0 Å². The molecule has 1 fully saturated rings. The zero-order valence-corrected chi connectivity index (χ0v) is 15.6. The number of rotatable bonds is 6. The normalized spacial score (nSPS) is 15.0. The van der Waals surface area contributed by atoms with E-state index in [0.717, 1.165) is 0 Å². The highest BCUT2D eigenvalue weighted by atomic mass is 32.2. The van der Waals surface area contributed by atoms with Crippen molar-refractivity contribution in [3.8, 4) is 0 Å². The van der Waals surface area contributed by atoms with Crippen molar-refractivity contribution < 1.29 is 8.42 Å². The summed E-state index contributed by atoms with van der Waals surface area (Å²) >= 11 is 0. The van der Waals surface area contributed by atoms with Crippen molar-refractivity contribution in [1.29, 1.82) is 0 Å². The first-order valence-corrected chi connectivity index (χ1v) is 10.2. The van der Waals surface area contributed by atoms with E-state index in [4.69, 9.17) is 0 Å². The smallest absolute Gasteiger partial charge is 0.323 e. The number of nitrogens with zero attached hydrogens (tertiary/aromatic N) is 1. The molecule has 0 saturated heterocycles. The van der Waals surface area contributed by atoms with Gasteiger partial charge in [-0.3, -0.25) is 0 Å². The van der Waals surface area contributed by atoms with Crippen LogP contribution in [-0.2, 0) is 16.4 Å². The molecule has 0 unspecified atom stereocenters. The van der Waals surface area contributed by atoms with Crippen LogP contribution in [0.1, 0.15) is 35.8 Å². The zero-order valence-electron chi connectivity index (χ0n) is 14.8. The Labute approximate surface area is 151 Å². The van der Waals surface area contributed by atoms with Gasteiger partial charge in [-0.05, 0) is 62.9 Å². The van der Waals surface area contributed by atoms with Crippen LogP contribution < -0.4 is 10.4 Å². The van der Waals surface area contributed by atoms with Gasteiger partial charge in [-0.15, -0.1) is 0 Å². The number of aromatic amines is 2. The van der Waals surface area contributed by atoms with Crippen LogP contribution in [0.3, 0.4) is 0 Å². The fourth-order valence-corrected chi connectivity index (χ4v) is 4.63. The third-order valence-corrected chi connectivity index (χ3v) is 6.44. The van der Waals surface area contributed by atoms with Crippen LogP contribution in [0.15, 0.2) is 34.0 Å². The summed E-state index contributed by atoms with van der Waals surface area (Å²) in [6.07, 6.45) is 3.10. The highest BCUT2D eigenvalue weighted by Crippen LogP contribution is 2.38. The lowest BCUT2D eigenvalue weighted by atomic mass is 10.2. The molecular formula is C18H22N4O3S. The fourth-order valence-electron chi connectivity index (χ4n) is 3.58. The maximum Gasteiger partial charge on any atom is 0.323 e. The number of benzene rings is 1. The van der Waals surface area contributed by atoms with Gasteiger partial charge in [0.2, 0.25) is 10.0 Å². The lowest BCUT2D eigenvalue weighted by Crippen LogP contribution is -2.26. The molecule has 26 heavy (non-hydrogen) atoms. The average Bonchev–Trinajstić information content (AvgIpc) is 3.26. The molecule has 0 radical (unpaired) electrons. The van der Waals surface area contributed by atoms with Gasteiger partial charge in [-0.2, -0.15) is 0 Å². The third kappa shape index (κ3) is 3.10. The molecule has 0 aliphatic heterocycles. The minimum atomic E-state index is -3.63. The summed E-state index contributed by atoms with van der Waals surface area (Å²) in [7, 11) is -3.63. The first-order chi connectivity index (χ1) is 12.3. The molecule has 1 aliphatic carbocycles. The lowest BCUT2D eigenvalue weighted by molar-refractivity contribution is 0.581. The first kappa shape index (κ1) is 17.1. The topological polar surface area (TPSA) is 99.8 Å². The Morgan fingerprint density at radius 2 is 1.88 bits per heavy atom. The number of aryl methyl sites for hydroxylation is 1. The molecule has 1 aliphatic rings. The average molecular weight is 374 g/mol. The molecule has 0 atom stereocenters. The van der Waals surface area contributed by atoms with Crippen LogP contribution >= 0.6 is 0 Å². The van der Waals surface area contributed by atoms with Gasteiger partial charge >= 0.3 is 5.69 Å². The van der Waals surface area contributed by atoms with E-state index in [1.807, 2.05) is 0 Å². The third-order valence-electron chi connectivity index (χ3n) is 4.99. The first-order valence-electron chi connectivity index (χ1n) is 8.74. The number of aromatic nitrogens is 3. The van der Waals surface area contributed by atoms with Crippen molar-refractivity contribution in [2.24, 2.45) is 0 Å². The van der Waals surface area contributed by atoms with Gasteiger partial charge < -0.3 is 14.5 Å². The monoisotopic (exact) mass is 374 g/mol. The molecule has 0 spiro atoms. The number of nitrogens with one attached hydrogen (secondary N) is 3. The van der Waals surface area contributed by atoms with Crippen LogP contribution in [0.5, 0.6) is 0 Å². The molecule has 138 valence electrons. The van der Waals surface area contributed by atoms with Crippen LogP contribution in [0.4, 0.5) is 0 Å². The SMILES string of the molecule is Cc1cc(CCNS(=O)(=O)c2ccc3[nH]c(=O)[nH]c3c2)c(C)n1C1CC1. The van der Waals surface area contributed by atoms with Crippen molar-refractivity contribution >= 4 is 21.1 Å². The molecule has 8 heteroatoms. The predicted molar refractivity (Wildman–Crippen MR) is 100.0 cm³/mol. The molecule has 0 amide bonds. The van der Waals surface area contributed by atoms with Gasteiger partial charge in [0.25, 0.3) is 0 Å². The van der Waals surface area contributed by atoms with E-state index in [2.05, 4.69) is 39.2 Å². The molecule has 0 bridgehead atoms. The lowest BCUT2D eigenvalue weighted by Gasteiger charge is -2.09. The number of imidazole rings is 1. The largest absolute Gasteiger partial charge is 0.346 e. The number of hydrogen-bond donors (Lipinski definition) is 3. The molecule has 2 heterocycles. The molecule has 2 aromatic heterocycles. The highest BCUT2D eigenvalue weighted by molar-refractivity contribution is 7.89. The van der Waals surface area contributed by atoms with Crippen molar-refractivity contribution in [3.63, 3.8) is 0 Å². The Balaban J connectivity index is 1.48. The molecule has 1 aromatic carbocycles. The zero-order chi connectivity index (χ0) is 18.5. The van der Waals surface area contributed by atoms with E-state index < -0.39 is 10.0 Å². The molecule has 3 N–H and O–H groups in total. The standard InChI is InChI=1S/C18H22N4O3S/c1-11-9-13(12(2)22(11)14-3-4-14)7-8-19-26(24,25)15-5-6-16-17(10-15)21-18(23)20-16/h5-6,9-10,14,19H,3-4,7-8H2,1-2H3,(H2,20,21,23). The maximum atomic E-state index is 12.5. The summed E-state index contributed by atoms with van der Waals surface area (Å²) in [6, 6.07) is 7.32. The van der Waals surface area contributed by atoms with E-state index in [1.54, 1.807) is 6.07 Å². The minimum Gasteiger partial charge on any atom is -0.346 e. The second kappa shape index (κ2) is 6.14. The fraction of sp³-hybridized carbons (Fsp3) is 0.389. The van der Waals surface area contributed by atoms with Crippen LogP contribution in [0.25, 0.3) is 11.0 Å². The van der Waals surface area contributed by atoms with Gasteiger partial charge in [0.15, 0.2) is 0 Å². The van der Waals surface area contributed by atoms with Gasteiger partial charge in [0, 0.05) is 24.0 Å². The Bertz CT molecular complexity index is 1130. The van der Waals surface area contributed by atoms with E-state index >= 15 is 0 Å². The summed E-state index contributed by atoms with van der Waals surface area (Å²) in [5.74, 6) is 0. The van der Waals surface area contributed by atoms with E-state index in [9.17, 15) is 13.2 Å². The highest BCUT2D eigenvalue weighted by Gasteiger charge is 2.26. The number of fused-ring (bicyclic) bond motifs is 1. The predicted octanol–water partition coefficient (Wildman–Crippen LogP) is 2.13. The second-order valence-corrected chi connectivity index (χ2v) is 8.70. The quantitative estimate of drug-likeness (QED) is 0.616. The van der Waals surface area contributed by atoms with E-state index in [1.165, 1.54) is 41.9 Å². The van der Waals surface area contributed by atoms with Crippen molar-refractivity contribution in [3.05, 3.63) is 51.7 Å². The summed E-state index contributed by atoms with van der Waals surface area (Å²) in [5, 5.41) is 0. The Morgan fingerprint density at radius 3 is 2.62 bits per heavy atom. The maximum absolute atomic E-state index is 12.5. The van der Waals surface area contributed by atoms with Crippen LogP contribution in [0.2, 0.25) is 0 Å². The van der Waals surface area contributed by atoms with E-state index in [-0.39, 0.29) is 10.6 Å². The summed E-state index contributed by atoms with van der Waals surface area (Å²) in [6.45, 7) is 4.54. The molecule has 1 saturated carbocycles. The summed E-state index contributed by atoms with van der Waals surface area (Å²) < 4.78 is 30.1. The van der Waals surface area contributed by atoms with Crippen LogP contribution in [0, 0.1) is 13.8 Å². The summed E-state index contributed by atoms with van der Waals surface area (Å²) in [5.41, 5.74) is 4.36. The Hall–Kier alpha value is -2.32. The Morgan fingerprint density at radius 1 is 1.15 bits per heavy atom. The molecule has 4 rings (SSSR count). The van der Waals surface area contributed by atoms with Gasteiger partial charge in [0.1, 0.15) is 0 Å². The van der Waals surface area contributed by atoms with Gasteiger partial charge in [0.05, 0.1) is 15.9 Å². The van der Waals surface area contributed by atoms with Crippen LogP contribution in [-0.4, -0.2) is 29.5 Å². The molecular weight excluding hydrogens is 352 g/mol. The second-order valence-electron chi connectivity index (χ2n) is 6.93. The minimum absolute atomic E-state index is 0.142. The Kier molecular flexibility index (Phi) is 4.04. The number of sulfonamides is 1. The number of hydrogen-bond acceptors (Lipinski definition) is 3. The van der Waals surface area contributed by atoms with E-state index in [0.29, 0.717) is 30.0 Å². The van der Waals surface area contributed by atoms with Crippen molar-refractivity contribution in [2.75, 3.05) is 6.54 Å². The molecule has 7 nitrogen and oxygen atoms in total. The molecule has 3 aromatic rings. The number of H-pyrrole nitrogens is 2. The van der Waals surface area contributed by atoms with Crippen molar-refractivity contribution in [1.82, 2.24) is 19.3 Å².